The molecule has 0 aliphatic heterocycles. The van der Waals surface area contributed by atoms with Crippen LogP contribution in [0.4, 0.5) is 5.69 Å². The SMILES string of the molecule is CCCC(=O)Nc1ccc(C(=O)NNC(=O)CCCC(=O)O)cc1. The van der Waals surface area contributed by atoms with Crippen molar-refractivity contribution in [3.05, 3.63) is 29.8 Å². The van der Waals surface area contributed by atoms with E-state index in [-0.39, 0.29) is 25.2 Å². The third-order valence-corrected chi connectivity index (χ3v) is 3.02. The first-order valence-electron chi connectivity index (χ1n) is 7.63. The fraction of sp³-hybridized carbons (Fsp3) is 0.375. The van der Waals surface area contributed by atoms with Gasteiger partial charge >= 0.3 is 5.97 Å². The van der Waals surface area contributed by atoms with Gasteiger partial charge < -0.3 is 10.4 Å². The Kier molecular flexibility index (Phi) is 7.97. The molecule has 1 aromatic carbocycles. The zero-order valence-electron chi connectivity index (χ0n) is 13.4. The van der Waals surface area contributed by atoms with E-state index in [9.17, 15) is 19.2 Å². The van der Waals surface area contributed by atoms with E-state index in [2.05, 4.69) is 16.2 Å². The Labute approximate surface area is 139 Å². The van der Waals surface area contributed by atoms with Gasteiger partial charge in [-0.15, -0.1) is 0 Å². The molecule has 0 heterocycles. The van der Waals surface area contributed by atoms with E-state index in [1.807, 2.05) is 6.92 Å². The zero-order valence-corrected chi connectivity index (χ0v) is 13.4. The third-order valence-electron chi connectivity index (χ3n) is 3.02. The van der Waals surface area contributed by atoms with E-state index >= 15 is 0 Å². The number of rotatable bonds is 8. The summed E-state index contributed by atoms with van der Waals surface area (Å²) in [4.78, 5) is 45.1. The summed E-state index contributed by atoms with van der Waals surface area (Å²) < 4.78 is 0. The van der Waals surface area contributed by atoms with Crippen molar-refractivity contribution in [1.29, 1.82) is 0 Å². The Morgan fingerprint density at radius 2 is 1.58 bits per heavy atom. The standard InChI is InChI=1S/C16H21N3O5/c1-2-4-13(20)17-12-9-7-11(8-10-12)16(24)19-18-14(21)5-3-6-15(22)23/h7-10H,2-6H2,1H3,(H,17,20)(H,18,21)(H,19,24)(H,22,23). The second kappa shape index (κ2) is 9.98. The van der Waals surface area contributed by atoms with Crippen molar-refractivity contribution in [2.75, 3.05) is 5.32 Å². The van der Waals surface area contributed by atoms with Crippen molar-refractivity contribution in [3.63, 3.8) is 0 Å². The number of carboxylic acid groups (broad SMARTS) is 1. The Balaban J connectivity index is 2.41. The van der Waals surface area contributed by atoms with Gasteiger partial charge in [-0.25, -0.2) is 0 Å². The highest BCUT2D eigenvalue weighted by molar-refractivity contribution is 5.96. The summed E-state index contributed by atoms with van der Waals surface area (Å²) in [5.41, 5.74) is 5.36. The lowest BCUT2D eigenvalue weighted by atomic mass is 10.2. The maximum atomic E-state index is 11.9. The van der Waals surface area contributed by atoms with E-state index in [4.69, 9.17) is 5.11 Å². The van der Waals surface area contributed by atoms with Crippen LogP contribution in [0.1, 0.15) is 49.4 Å². The van der Waals surface area contributed by atoms with Gasteiger partial charge in [0.2, 0.25) is 11.8 Å². The second-order valence-electron chi connectivity index (χ2n) is 5.13. The lowest BCUT2D eigenvalue weighted by molar-refractivity contribution is -0.137. The molecule has 0 fully saturated rings. The molecule has 3 amide bonds. The molecule has 0 aromatic heterocycles. The molecule has 0 saturated heterocycles. The van der Waals surface area contributed by atoms with Gasteiger partial charge in [0, 0.05) is 30.5 Å². The maximum Gasteiger partial charge on any atom is 0.303 e. The molecule has 0 spiro atoms. The van der Waals surface area contributed by atoms with E-state index in [1.54, 1.807) is 12.1 Å². The molecular formula is C16H21N3O5. The molecule has 0 aliphatic rings. The molecule has 1 aromatic rings. The minimum Gasteiger partial charge on any atom is -0.481 e. The molecule has 0 radical (unpaired) electrons. The second-order valence-corrected chi connectivity index (χ2v) is 5.13. The van der Waals surface area contributed by atoms with Crippen molar-refractivity contribution >= 4 is 29.4 Å². The number of carboxylic acids is 1. The predicted octanol–water partition coefficient (Wildman–Crippen LogP) is 1.44. The van der Waals surface area contributed by atoms with E-state index < -0.39 is 17.8 Å². The van der Waals surface area contributed by atoms with Gasteiger partial charge in [0.25, 0.3) is 5.91 Å². The summed E-state index contributed by atoms with van der Waals surface area (Å²) in [6.07, 6.45) is 1.28. The fourth-order valence-corrected chi connectivity index (χ4v) is 1.82. The van der Waals surface area contributed by atoms with Crippen LogP contribution in [-0.2, 0) is 14.4 Å². The number of carbonyl (C=O) groups is 4. The average Bonchev–Trinajstić information content (AvgIpc) is 2.53. The molecular weight excluding hydrogens is 314 g/mol. The van der Waals surface area contributed by atoms with Crippen molar-refractivity contribution in [3.8, 4) is 0 Å². The molecule has 4 N–H and O–H groups in total. The van der Waals surface area contributed by atoms with Gasteiger partial charge in [-0.1, -0.05) is 6.92 Å². The van der Waals surface area contributed by atoms with E-state index in [0.29, 0.717) is 17.7 Å². The van der Waals surface area contributed by atoms with Crippen LogP contribution in [0, 0.1) is 0 Å². The van der Waals surface area contributed by atoms with Crippen LogP contribution >= 0.6 is 0 Å². The number of hydrogen-bond acceptors (Lipinski definition) is 4. The molecule has 0 aliphatic carbocycles. The highest BCUT2D eigenvalue weighted by Crippen LogP contribution is 2.10. The summed E-state index contributed by atoms with van der Waals surface area (Å²) >= 11 is 0. The highest BCUT2D eigenvalue weighted by atomic mass is 16.4. The Morgan fingerprint density at radius 1 is 0.917 bits per heavy atom. The summed E-state index contributed by atoms with van der Waals surface area (Å²) in [5.74, 6) is -2.04. The molecule has 0 atom stereocenters. The first kappa shape index (κ1) is 19.1. The lowest BCUT2D eigenvalue weighted by Crippen LogP contribution is -2.41. The first-order valence-corrected chi connectivity index (χ1v) is 7.63. The van der Waals surface area contributed by atoms with Crippen LogP contribution in [0.3, 0.4) is 0 Å². The molecule has 1 rings (SSSR count). The summed E-state index contributed by atoms with van der Waals surface area (Å²) in [7, 11) is 0. The zero-order chi connectivity index (χ0) is 17.9. The molecule has 8 nitrogen and oxygen atoms in total. The molecule has 8 heteroatoms. The number of hydrazine groups is 1. The topological polar surface area (TPSA) is 125 Å². The average molecular weight is 335 g/mol. The van der Waals surface area contributed by atoms with Gasteiger partial charge in [0.15, 0.2) is 0 Å². The number of benzene rings is 1. The van der Waals surface area contributed by atoms with E-state index in [1.165, 1.54) is 12.1 Å². The smallest absolute Gasteiger partial charge is 0.303 e. The number of amides is 3. The normalized spacial score (nSPS) is 9.88. The summed E-state index contributed by atoms with van der Waals surface area (Å²) in [5, 5.41) is 11.2. The number of aliphatic carboxylic acids is 1. The molecule has 0 saturated carbocycles. The number of hydrogen-bond donors (Lipinski definition) is 4. The Bertz CT molecular complexity index is 598. The van der Waals surface area contributed by atoms with Crippen LogP contribution in [0.15, 0.2) is 24.3 Å². The predicted molar refractivity (Wildman–Crippen MR) is 87.1 cm³/mol. The third kappa shape index (κ3) is 7.39. The van der Waals surface area contributed by atoms with Gasteiger partial charge in [0.1, 0.15) is 0 Å². The van der Waals surface area contributed by atoms with Gasteiger partial charge in [-0.3, -0.25) is 30.0 Å². The quantitative estimate of drug-likeness (QED) is 0.535. The van der Waals surface area contributed by atoms with Crippen molar-refractivity contribution in [2.45, 2.75) is 39.0 Å². The van der Waals surface area contributed by atoms with Gasteiger partial charge in [-0.2, -0.15) is 0 Å². The van der Waals surface area contributed by atoms with Crippen LogP contribution in [0.2, 0.25) is 0 Å². The van der Waals surface area contributed by atoms with Crippen molar-refractivity contribution < 1.29 is 24.3 Å². The van der Waals surface area contributed by atoms with Crippen LogP contribution in [-0.4, -0.2) is 28.8 Å². The number of anilines is 1. The molecule has 24 heavy (non-hydrogen) atoms. The van der Waals surface area contributed by atoms with E-state index in [0.717, 1.165) is 6.42 Å². The Morgan fingerprint density at radius 3 is 2.17 bits per heavy atom. The van der Waals surface area contributed by atoms with Crippen molar-refractivity contribution in [1.82, 2.24) is 10.9 Å². The monoisotopic (exact) mass is 335 g/mol. The summed E-state index contributed by atoms with van der Waals surface area (Å²) in [6, 6.07) is 6.23. The number of nitrogens with one attached hydrogen (secondary N) is 3. The minimum absolute atomic E-state index is 0.00891. The highest BCUT2D eigenvalue weighted by Gasteiger charge is 2.08. The number of carbonyl (C=O) groups excluding carboxylic acids is 3. The van der Waals surface area contributed by atoms with Crippen LogP contribution in [0.25, 0.3) is 0 Å². The van der Waals surface area contributed by atoms with Crippen LogP contribution < -0.4 is 16.2 Å². The summed E-state index contributed by atoms with van der Waals surface area (Å²) in [6.45, 7) is 1.91. The van der Waals surface area contributed by atoms with Crippen LogP contribution in [0.5, 0.6) is 0 Å². The molecule has 0 bridgehead atoms. The first-order chi connectivity index (χ1) is 11.4. The lowest BCUT2D eigenvalue weighted by Gasteiger charge is -2.08. The largest absolute Gasteiger partial charge is 0.481 e. The van der Waals surface area contributed by atoms with Gasteiger partial charge in [0.05, 0.1) is 0 Å². The maximum absolute atomic E-state index is 11.9. The Hall–Kier alpha value is -2.90. The van der Waals surface area contributed by atoms with Crippen molar-refractivity contribution in [2.24, 2.45) is 0 Å². The van der Waals surface area contributed by atoms with Gasteiger partial charge in [-0.05, 0) is 37.1 Å². The molecule has 130 valence electrons. The fourth-order valence-electron chi connectivity index (χ4n) is 1.82. The molecule has 0 unspecified atom stereocenters. The minimum atomic E-state index is -0.974.